The fourth-order valence-electron chi connectivity index (χ4n) is 3.80. The number of amides is 1. The average Bonchev–Trinajstić information content (AvgIpc) is 3.44. The third-order valence-electron chi connectivity index (χ3n) is 5.45. The normalized spacial score (nSPS) is 17.6. The number of rotatable bonds is 5. The lowest BCUT2D eigenvalue weighted by Crippen LogP contribution is -2.43. The van der Waals surface area contributed by atoms with Gasteiger partial charge in [-0.25, -0.2) is 13.4 Å². The van der Waals surface area contributed by atoms with Gasteiger partial charge in [0.25, 0.3) is 0 Å². The highest BCUT2D eigenvalue weighted by atomic mass is 32.2. The van der Waals surface area contributed by atoms with E-state index < -0.39 is 15.9 Å². The molecule has 2 aromatic carbocycles. The lowest BCUT2D eigenvalue weighted by atomic mass is 9.99. The summed E-state index contributed by atoms with van der Waals surface area (Å²) < 4.78 is 42.4. The van der Waals surface area contributed by atoms with Crippen molar-refractivity contribution in [3.8, 4) is 5.75 Å². The molecule has 0 unspecified atom stereocenters. The first kappa shape index (κ1) is 21.2. The summed E-state index contributed by atoms with van der Waals surface area (Å²) >= 11 is 2.34. The average molecular weight is 490 g/mol. The van der Waals surface area contributed by atoms with E-state index in [4.69, 9.17) is 4.74 Å². The van der Waals surface area contributed by atoms with E-state index >= 15 is 0 Å². The van der Waals surface area contributed by atoms with E-state index in [0.717, 1.165) is 27.7 Å². The fraction of sp³-hybridized carbons (Fsp3) is 0.300. The van der Waals surface area contributed by atoms with E-state index in [-0.39, 0.29) is 17.3 Å². The summed E-state index contributed by atoms with van der Waals surface area (Å²) in [6.45, 7) is 0.474. The molecule has 0 spiro atoms. The molecule has 1 saturated heterocycles. The van der Waals surface area contributed by atoms with Gasteiger partial charge in [0.1, 0.15) is 21.7 Å². The number of nitrogens with one attached hydrogen (secondary N) is 1. The van der Waals surface area contributed by atoms with Crippen LogP contribution in [0.5, 0.6) is 5.75 Å². The fourth-order valence-corrected chi connectivity index (χ4v) is 6.97. The summed E-state index contributed by atoms with van der Waals surface area (Å²) in [4.78, 5) is 17.5. The van der Waals surface area contributed by atoms with Crippen LogP contribution in [-0.4, -0.2) is 52.6 Å². The van der Waals surface area contributed by atoms with Gasteiger partial charge >= 0.3 is 0 Å². The quantitative estimate of drug-likeness (QED) is 0.457. The summed E-state index contributed by atoms with van der Waals surface area (Å²) in [5.41, 5.74) is 1.69. The minimum Gasteiger partial charge on any atom is -0.497 e. The van der Waals surface area contributed by atoms with Crippen LogP contribution in [0.2, 0.25) is 0 Å². The number of thiazole rings is 1. The number of carbonyl (C=O) groups excluding carboxylic acids is 1. The molecule has 3 heterocycles. The maximum Gasteiger partial charge on any atom is 0.245 e. The standard InChI is InChI=1S/C20H19N5O4S3/c1-29-13-7-8-14-16(10-13)30-20(21-14)22-19(26)12-4-3-9-25(11-12)32(27,28)17-6-2-5-15-18(17)24-31-23-15/h2,5-8,10,12H,3-4,9,11H2,1H3,(H,21,22,26)/t12-/m0/s1. The Bertz CT molecular complexity index is 1420. The predicted molar refractivity (Wildman–Crippen MR) is 124 cm³/mol. The summed E-state index contributed by atoms with van der Waals surface area (Å²) in [5.74, 6) is 0.0229. The molecule has 1 amide bonds. The van der Waals surface area contributed by atoms with Crippen molar-refractivity contribution in [2.45, 2.75) is 17.7 Å². The molecule has 1 N–H and O–H groups in total. The van der Waals surface area contributed by atoms with Crippen molar-refractivity contribution < 1.29 is 17.9 Å². The lowest BCUT2D eigenvalue weighted by Gasteiger charge is -2.31. The van der Waals surface area contributed by atoms with Crippen LogP contribution in [-0.2, 0) is 14.8 Å². The second kappa shape index (κ2) is 8.35. The number of methoxy groups -OCH3 is 1. The number of anilines is 1. The van der Waals surface area contributed by atoms with Crippen LogP contribution < -0.4 is 10.1 Å². The number of fused-ring (bicyclic) bond motifs is 2. The highest BCUT2D eigenvalue weighted by Crippen LogP contribution is 2.31. The smallest absolute Gasteiger partial charge is 0.245 e. The Morgan fingerprint density at radius 3 is 2.94 bits per heavy atom. The molecule has 1 aliphatic rings. The van der Waals surface area contributed by atoms with Crippen molar-refractivity contribution in [1.82, 2.24) is 18.0 Å². The first-order chi connectivity index (χ1) is 15.5. The second-order valence-corrected chi connectivity index (χ2v) is 10.9. The zero-order valence-corrected chi connectivity index (χ0v) is 19.5. The van der Waals surface area contributed by atoms with Gasteiger partial charge in [-0.05, 0) is 43.2 Å². The van der Waals surface area contributed by atoms with E-state index in [0.29, 0.717) is 35.6 Å². The van der Waals surface area contributed by atoms with Crippen LogP contribution >= 0.6 is 23.1 Å². The van der Waals surface area contributed by atoms with Gasteiger partial charge in [0, 0.05) is 13.1 Å². The molecule has 1 fully saturated rings. The molecule has 0 radical (unpaired) electrons. The zero-order chi connectivity index (χ0) is 22.3. The Morgan fingerprint density at radius 2 is 2.09 bits per heavy atom. The molecule has 0 saturated carbocycles. The van der Waals surface area contributed by atoms with Crippen molar-refractivity contribution in [2.24, 2.45) is 5.92 Å². The van der Waals surface area contributed by atoms with E-state index in [9.17, 15) is 13.2 Å². The number of ether oxygens (including phenoxy) is 1. The predicted octanol–water partition coefficient (Wildman–Crippen LogP) is 3.35. The van der Waals surface area contributed by atoms with Gasteiger partial charge in [-0.3, -0.25) is 4.79 Å². The molecule has 4 aromatic rings. The van der Waals surface area contributed by atoms with Gasteiger partial charge in [0.05, 0.1) is 35.0 Å². The molecule has 5 rings (SSSR count). The molecule has 32 heavy (non-hydrogen) atoms. The Labute approximate surface area is 192 Å². The molecule has 1 atom stereocenters. The highest BCUT2D eigenvalue weighted by Gasteiger charge is 2.35. The number of benzene rings is 2. The maximum absolute atomic E-state index is 13.3. The monoisotopic (exact) mass is 489 g/mol. The van der Waals surface area contributed by atoms with E-state index in [1.165, 1.54) is 21.7 Å². The van der Waals surface area contributed by atoms with Crippen LogP contribution in [0.15, 0.2) is 41.3 Å². The van der Waals surface area contributed by atoms with Crippen molar-refractivity contribution in [1.29, 1.82) is 0 Å². The van der Waals surface area contributed by atoms with Crippen molar-refractivity contribution in [3.05, 3.63) is 36.4 Å². The molecular formula is C20H19N5O4S3. The number of carbonyl (C=O) groups is 1. The number of sulfonamides is 1. The summed E-state index contributed by atoms with van der Waals surface area (Å²) in [7, 11) is -2.20. The van der Waals surface area contributed by atoms with Crippen molar-refractivity contribution >= 4 is 65.4 Å². The number of nitrogens with zero attached hydrogens (tertiary/aromatic N) is 4. The summed E-state index contributed by atoms with van der Waals surface area (Å²) in [5, 5.41) is 3.34. The van der Waals surface area contributed by atoms with Gasteiger partial charge in [0.2, 0.25) is 15.9 Å². The maximum atomic E-state index is 13.3. The molecule has 166 valence electrons. The zero-order valence-electron chi connectivity index (χ0n) is 17.0. The van der Waals surface area contributed by atoms with E-state index in [1.807, 2.05) is 18.2 Å². The first-order valence-corrected chi connectivity index (χ1v) is 12.9. The molecule has 0 bridgehead atoms. The highest BCUT2D eigenvalue weighted by molar-refractivity contribution is 7.89. The van der Waals surface area contributed by atoms with E-state index in [1.54, 1.807) is 19.2 Å². The number of hydrogen-bond donors (Lipinski definition) is 1. The lowest BCUT2D eigenvalue weighted by molar-refractivity contribution is -0.120. The molecule has 0 aliphatic carbocycles. The Kier molecular flexibility index (Phi) is 5.53. The third kappa shape index (κ3) is 3.83. The van der Waals surface area contributed by atoms with Crippen LogP contribution in [0, 0.1) is 5.92 Å². The number of hydrogen-bond acceptors (Lipinski definition) is 9. The van der Waals surface area contributed by atoms with Gasteiger partial charge in [0.15, 0.2) is 5.13 Å². The Morgan fingerprint density at radius 1 is 1.22 bits per heavy atom. The van der Waals surface area contributed by atoms with Crippen LogP contribution in [0.1, 0.15) is 12.8 Å². The van der Waals surface area contributed by atoms with Crippen LogP contribution in [0.3, 0.4) is 0 Å². The van der Waals surface area contributed by atoms with E-state index in [2.05, 4.69) is 19.0 Å². The summed E-state index contributed by atoms with van der Waals surface area (Å²) in [6, 6.07) is 10.5. The molecule has 9 nitrogen and oxygen atoms in total. The minimum absolute atomic E-state index is 0.112. The Balaban J connectivity index is 1.34. The molecule has 1 aliphatic heterocycles. The minimum atomic E-state index is -3.80. The van der Waals surface area contributed by atoms with Crippen molar-refractivity contribution in [2.75, 3.05) is 25.5 Å². The van der Waals surface area contributed by atoms with Crippen LogP contribution in [0.25, 0.3) is 21.3 Å². The summed E-state index contributed by atoms with van der Waals surface area (Å²) in [6.07, 6.45) is 1.21. The topological polar surface area (TPSA) is 114 Å². The third-order valence-corrected chi connectivity index (χ3v) is 8.82. The van der Waals surface area contributed by atoms with Crippen LogP contribution in [0.4, 0.5) is 5.13 Å². The first-order valence-electron chi connectivity index (χ1n) is 9.92. The van der Waals surface area contributed by atoms with Crippen molar-refractivity contribution in [3.63, 3.8) is 0 Å². The van der Waals surface area contributed by atoms with Gasteiger partial charge in [-0.2, -0.15) is 13.1 Å². The molecular weight excluding hydrogens is 470 g/mol. The Hall–Kier alpha value is -2.67. The largest absolute Gasteiger partial charge is 0.497 e. The molecule has 2 aromatic heterocycles. The number of aromatic nitrogens is 3. The van der Waals surface area contributed by atoms with Gasteiger partial charge in [-0.15, -0.1) is 0 Å². The SMILES string of the molecule is COc1ccc2nc(NC(=O)[C@H]3CCCN(S(=O)(=O)c4cccc5nsnc45)C3)sc2c1. The second-order valence-electron chi connectivity index (χ2n) is 7.43. The van der Waals surface area contributed by atoms with Gasteiger partial charge < -0.3 is 10.1 Å². The van der Waals surface area contributed by atoms with Gasteiger partial charge in [-0.1, -0.05) is 17.4 Å². The molecule has 12 heteroatoms. The number of piperidine rings is 1.